The van der Waals surface area contributed by atoms with Gasteiger partial charge in [-0.25, -0.2) is 0 Å². The van der Waals surface area contributed by atoms with Crippen molar-refractivity contribution in [2.45, 2.75) is 20.0 Å². The number of hydrogen-bond donors (Lipinski definition) is 0. The number of fused-ring (bicyclic) bond motifs is 1. The Morgan fingerprint density at radius 3 is 2.46 bits per heavy atom. The highest BCUT2D eigenvalue weighted by Crippen LogP contribution is 2.35. The summed E-state index contributed by atoms with van der Waals surface area (Å²) in [6.45, 7) is 2.73. The van der Waals surface area contributed by atoms with E-state index in [0.29, 0.717) is 11.4 Å². The van der Waals surface area contributed by atoms with E-state index in [4.69, 9.17) is 0 Å². The van der Waals surface area contributed by atoms with E-state index in [1.165, 1.54) is 17.0 Å². The van der Waals surface area contributed by atoms with Crippen LogP contribution in [0.5, 0.6) is 0 Å². The average Bonchev–Trinajstić information content (AvgIpc) is 3.31. The van der Waals surface area contributed by atoms with Crippen LogP contribution in [-0.2, 0) is 17.9 Å². The molecule has 0 N–H and O–H groups in total. The Kier molecular flexibility index (Phi) is 5.96. The SMILES string of the molecule is Cc1cccc(CN2C(=O)S/C(=C\c3cn(Cc4ccc([N+](=O)[O-])cc4)c4ccccc34)C2=O)c1. The number of para-hydroxylation sites is 1. The second-order valence-electron chi connectivity index (χ2n) is 8.41. The van der Waals surface area contributed by atoms with Crippen molar-refractivity contribution in [3.63, 3.8) is 0 Å². The molecule has 0 atom stereocenters. The van der Waals surface area contributed by atoms with E-state index in [2.05, 4.69) is 0 Å². The van der Waals surface area contributed by atoms with Crippen LogP contribution in [0.3, 0.4) is 0 Å². The lowest BCUT2D eigenvalue weighted by molar-refractivity contribution is -0.384. The summed E-state index contributed by atoms with van der Waals surface area (Å²) in [5, 5.41) is 11.6. The van der Waals surface area contributed by atoms with E-state index >= 15 is 0 Å². The van der Waals surface area contributed by atoms with Crippen molar-refractivity contribution < 1.29 is 14.5 Å². The third-order valence-corrected chi connectivity index (χ3v) is 6.81. The number of thioether (sulfide) groups is 1. The average molecular weight is 484 g/mol. The number of nitro benzene ring substituents is 1. The standard InChI is InChI=1S/C27H21N3O4S/c1-18-5-4-6-20(13-18)16-29-26(31)25(35-27(29)32)14-21-17-28(24-8-3-2-7-23(21)24)15-19-9-11-22(12-10-19)30(33)34/h2-14,17H,15-16H2,1H3/b25-14-. The van der Waals surface area contributed by atoms with Crippen molar-refractivity contribution in [1.29, 1.82) is 0 Å². The number of nitro groups is 1. The predicted molar refractivity (Wildman–Crippen MR) is 137 cm³/mol. The zero-order valence-electron chi connectivity index (χ0n) is 18.9. The fraction of sp³-hybridized carbons (Fsp3) is 0.111. The van der Waals surface area contributed by atoms with Gasteiger partial charge in [0.05, 0.1) is 16.4 Å². The molecule has 1 aliphatic heterocycles. The molecule has 0 aliphatic carbocycles. The Morgan fingerprint density at radius 2 is 1.71 bits per heavy atom. The molecule has 3 aromatic carbocycles. The lowest BCUT2D eigenvalue weighted by Crippen LogP contribution is -2.27. The molecule has 0 bridgehead atoms. The molecule has 5 rings (SSSR count). The molecule has 2 amide bonds. The van der Waals surface area contributed by atoms with Gasteiger partial charge in [0.15, 0.2) is 0 Å². The monoisotopic (exact) mass is 483 g/mol. The maximum Gasteiger partial charge on any atom is 0.293 e. The molecule has 2 heterocycles. The Labute approximate surface area is 205 Å². The second kappa shape index (κ2) is 9.23. The first kappa shape index (κ1) is 22.6. The van der Waals surface area contributed by atoms with E-state index < -0.39 is 4.92 Å². The molecule has 174 valence electrons. The van der Waals surface area contributed by atoms with Gasteiger partial charge in [-0.2, -0.15) is 0 Å². The molecule has 35 heavy (non-hydrogen) atoms. The van der Waals surface area contributed by atoms with Crippen molar-refractivity contribution in [1.82, 2.24) is 9.47 Å². The molecule has 4 aromatic rings. The minimum absolute atomic E-state index is 0.0493. The van der Waals surface area contributed by atoms with E-state index in [9.17, 15) is 19.7 Å². The van der Waals surface area contributed by atoms with Crippen LogP contribution >= 0.6 is 11.8 Å². The van der Waals surface area contributed by atoms with Crippen molar-refractivity contribution >= 4 is 45.6 Å². The zero-order chi connectivity index (χ0) is 24.5. The lowest BCUT2D eigenvalue weighted by Gasteiger charge is -2.12. The molecule has 0 radical (unpaired) electrons. The Balaban J connectivity index is 1.44. The van der Waals surface area contributed by atoms with E-state index in [1.54, 1.807) is 18.2 Å². The number of benzene rings is 3. The number of imide groups is 1. The van der Waals surface area contributed by atoms with Gasteiger partial charge < -0.3 is 4.57 Å². The molecule has 0 saturated carbocycles. The van der Waals surface area contributed by atoms with Crippen LogP contribution in [0.4, 0.5) is 10.5 Å². The quantitative estimate of drug-likeness (QED) is 0.187. The number of non-ortho nitro benzene ring substituents is 1. The van der Waals surface area contributed by atoms with E-state index in [-0.39, 0.29) is 23.4 Å². The zero-order valence-corrected chi connectivity index (χ0v) is 19.7. The molecule has 1 saturated heterocycles. The number of nitrogens with zero attached hydrogens (tertiary/aromatic N) is 3. The smallest absolute Gasteiger partial charge is 0.293 e. The molecule has 8 heteroatoms. The van der Waals surface area contributed by atoms with E-state index in [0.717, 1.165) is 44.9 Å². The molecule has 7 nitrogen and oxygen atoms in total. The Hall–Kier alpha value is -4.17. The summed E-state index contributed by atoms with van der Waals surface area (Å²) >= 11 is 0.952. The summed E-state index contributed by atoms with van der Waals surface area (Å²) in [7, 11) is 0. The molecule has 1 aromatic heterocycles. The molecule has 1 aliphatic rings. The number of carbonyl (C=O) groups is 2. The summed E-state index contributed by atoms with van der Waals surface area (Å²) in [5.74, 6) is -0.297. The van der Waals surface area contributed by atoms with Gasteiger partial charge >= 0.3 is 0 Å². The summed E-state index contributed by atoms with van der Waals surface area (Å²) in [4.78, 5) is 37.9. The fourth-order valence-corrected chi connectivity index (χ4v) is 5.04. The van der Waals surface area contributed by atoms with Crippen LogP contribution in [0.25, 0.3) is 17.0 Å². The van der Waals surface area contributed by atoms with Crippen LogP contribution in [-0.4, -0.2) is 25.5 Å². The molecule has 1 fully saturated rings. The van der Waals surface area contributed by atoms with Crippen LogP contribution in [0.15, 0.2) is 83.9 Å². The fourth-order valence-electron chi connectivity index (χ4n) is 4.21. The van der Waals surface area contributed by atoms with Gasteiger partial charge in [0, 0.05) is 41.3 Å². The number of rotatable bonds is 6. The van der Waals surface area contributed by atoms with Gasteiger partial charge in [0.1, 0.15) is 0 Å². The number of carbonyl (C=O) groups excluding carboxylic acids is 2. The largest absolute Gasteiger partial charge is 0.342 e. The molecule has 0 unspecified atom stereocenters. The van der Waals surface area contributed by atoms with E-state index in [1.807, 2.05) is 66.2 Å². The first-order valence-corrected chi connectivity index (χ1v) is 11.8. The van der Waals surface area contributed by atoms with Gasteiger partial charge in [-0.15, -0.1) is 0 Å². The molecular weight excluding hydrogens is 462 g/mol. The van der Waals surface area contributed by atoms with Crippen LogP contribution < -0.4 is 0 Å². The Morgan fingerprint density at radius 1 is 0.943 bits per heavy atom. The first-order chi connectivity index (χ1) is 16.9. The van der Waals surface area contributed by atoms with Crippen molar-refractivity contribution in [3.05, 3.63) is 116 Å². The van der Waals surface area contributed by atoms with Gasteiger partial charge in [-0.1, -0.05) is 60.2 Å². The third kappa shape index (κ3) is 4.61. The van der Waals surface area contributed by atoms with Crippen LogP contribution in [0, 0.1) is 17.0 Å². The summed E-state index contributed by atoms with van der Waals surface area (Å²) in [6.07, 6.45) is 3.72. The third-order valence-electron chi connectivity index (χ3n) is 5.90. The Bertz CT molecular complexity index is 1500. The molecule has 0 spiro atoms. The minimum Gasteiger partial charge on any atom is -0.342 e. The minimum atomic E-state index is -0.418. The number of hydrogen-bond acceptors (Lipinski definition) is 5. The van der Waals surface area contributed by atoms with Gasteiger partial charge in [-0.3, -0.25) is 24.6 Å². The second-order valence-corrected chi connectivity index (χ2v) is 9.40. The van der Waals surface area contributed by atoms with Gasteiger partial charge in [-0.05, 0) is 42.0 Å². The van der Waals surface area contributed by atoms with Gasteiger partial charge in [0.25, 0.3) is 16.8 Å². The van der Waals surface area contributed by atoms with Crippen LogP contribution in [0.2, 0.25) is 0 Å². The number of aryl methyl sites for hydroxylation is 1. The maximum atomic E-state index is 13.1. The summed E-state index contributed by atoms with van der Waals surface area (Å²) in [5.41, 5.74) is 4.76. The highest BCUT2D eigenvalue weighted by Gasteiger charge is 2.35. The normalized spacial score (nSPS) is 14.9. The predicted octanol–water partition coefficient (Wildman–Crippen LogP) is 6.14. The van der Waals surface area contributed by atoms with Crippen molar-refractivity contribution in [3.8, 4) is 0 Å². The highest BCUT2D eigenvalue weighted by atomic mass is 32.2. The van der Waals surface area contributed by atoms with Crippen molar-refractivity contribution in [2.24, 2.45) is 0 Å². The lowest BCUT2D eigenvalue weighted by atomic mass is 10.1. The van der Waals surface area contributed by atoms with Crippen LogP contribution in [0.1, 0.15) is 22.3 Å². The maximum absolute atomic E-state index is 13.1. The summed E-state index contributed by atoms with van der Waals surface area (Å²) < 4.78 is 2.04. The molecular formula is C27H21N3O4S. The number of amides is 2. The highest BCUT2D eigenvalue weighted by molar-refractivity contribution is 8.18. The summed E-state index contributed by atoms with van der Waals surface area (Å²) in [6, 6.07) is 22.1. The van der Waals surface area contributed by atoms with Crippen molar-refractivity contribution in [2.75, 3.05) is 0 Å². The number of aromatic nitrogens is 1. The first-order valence-electron chi connectivity index (χ1n) is 11.0. The van der Waals surface area contributed by atoms with Gasteiger partial charge in [0.2, 0.25) is 0 Å². The topological polar surface area (TPSA) is 85.4 Å².